The molecule has 1 saturated heterocycles. The molecule has 0 aromatic heterocycles. The van der Waals surface area contributed by atoms with Crippen molar-refractivity contribution in [2.24, 2.45) is 0 Å². The molecule has 2 aliphatic rings. The molecule has 1 aromatic carbocycles. The molecule has 0 bridgehead atoms. The van der Waals surface area contributed by atoms with Crippen molar-refractivity contribution >= 4 is 17.4 Å². The summed E-state index contributed by atoms with van der Waals surface area (Å²) in [5.74, 6) is 1.28. The Balaban J connectivity index is 1.83. The standard InChI is InChI=1S/C14H20N2S/c1-10-9-16(6-7-17-10)14-5-2-11-8-12(15)3-4-13(11)14/h3-4,8,10,14H,2,5-7,9,15H2,1H3. The SMILES string of the molecule is CC1CN(C2CCc3cc(N)ccc32)CCS1. The third kappa shape index (κ3) is 2.18. The van der Waals surface area contributed by atoms with Crippen LogP contribution in [0.3, 0.4) is 0 Å². The highest BCUT2D eigenvalue weighted by molar-refractivity contribution is 7.99. The van der Waals surface area contributed by atoms with Gasteiger partial charge >= 0.3 is 0 Å². The van der Waals surface area contributed by atoms with Gasteiger partial charge in [0.25, 0.3) is 0 Å². The summed E-state index contributed by atoms with van der Waals surface area (Å²) < 4.78 is 0. The van der Waals surface area contributed by atoms with Crippen molar-refractivity contribution in [3.63, 3.8) is 0 Å². The van der Waals surface area contributed by atoms with Crippen LogP contribution in [0.15, 0.2) is 18.2 Å². The molecule has 2 unspecified atom stereocenters. The van der Waals surface area contributed by atoms with Gasteiger partial charge in [-0.2, -0.15) is 11.8 Å². The normalized spacial score (nSPS) is 29.2. The summed E-state index contributed by atoms with van der Waals surface area (Å²) in [6.07, 6.45) is 2.47. The first kappa shape index (κ1) is 11.4. The molecular formula is C14H20N2S. The van der Waals surface area contributed by atoms with Gasteiger partial charge in [-0.1, -0.05) is 13.0 Å². The van der Waals surface area contributed by atoms with E-state index >= 15 is 0 Å². The number of benzene rings is 1. The van der Waals surface area contributed by atoms with Crippen LogP contribution in [0.5, 0.6) is 0 Å². The molecule has 1 aliphatic carbocycles. The minimum Gasteiger partial charge on any atom is -0.399 e. The Morgan fingerprint density at radius 2 is 2.29 bits per heavy atom. The number of nitrogen functional groups attached to an aromatic ring is 1. The van der Waals surface area contributed by atoms with Crippen LogP contribution in [0.1, 0.15) is 30.5 Å². The van der Waals surface area contributed by atoms with E-state index in [-0.39, 0.29) is 0 Å². The number of aryl methyl sites for hydroxylation is 1. The van der Waals surface area contributed by atoms with Crippen LogP contribution in [-0.4, -0.2) is 29.0 Å². The molecule has 0 spiro atoms. The number of fused-ring (bicyclic) bond motifs is 1. The number of thioether (sulfide) groups is 1. The molecule has 1 aliphatic heterocycles. The zero-order valence-corrected chi connectivity index (χ0v) is 11.2. The predicted octanol–water partition coefficient (Wildman–Crippen LogP) is 2.69. The van der Waals surface area contributed by atoms with E-state index in [9.17, 15) is 0 Å². The number of hydrogen-bond acceptors (Lipinski definition) is 3. The minimum atomic E-state index is 0.647. The molecule has 2 N–H and O–H groups in total. The van der Waals surface area contributed by atoms with Crippen LogP contribution in [0, 0.1) is 0 Å². The highest BCUT2D eigenvalue weighted by atomic mass is 32.2. The van der Waals surface area contributed by atoms with Gasteiger partial charge in [-0.3, -0.25) is 4.90 Å². The van der Waals surface area contributed by atoms with Gasteiger partial charge in [-0.15, -0.1) is 0 Å². The average Bonchev–Trinajstić information content (AvgIpc) is 2.71. The summed E-state index contributed by atoms with van der Waals surface area (Å²) in [6.45, 7) is 4.82. The van der Waals surface area contributed by atoms with Gasteiger partial charge in [0.15, 0.2) is 0 Å². The van der Waals surface area contributed by atoms with Gasteiger partial charge in [-0.05, 0) is 36.1 Å². The molecule has 0 radical (unpaired) electrons. The summed E-state index contributed by atoms with van der Waals surface area (Å²) in [7, 11) is 0. The topological polar surface area (TPSA) is 29.3 Å². The van der Waals surface area contributed by atoms with Crippen molar-refractivity contribution in [3.05, 3.63) is 29.3 Å². The summed E-state index contributed by atoms with van der Waals surface area (Å²) in [5.41, 5.74) is 9.77. The zero-order valence-electron chi connectivity index (χ0n) is 10.4. The van der Waals surface area contributed by atoms with Gasteiger partial charge in [0, 0.05) is 35.8 Å². The highest BCUT2D eigenvalue weighted by Gasteiger charge is 2.30. The fourth-order valence-electron chi connectivity index (χ4n) is 3.12. The third-order valence-electron chi connectivity index (χ3n) is 3.93. The van der Waals surface area contributed by atoms with Crippen LogP contribution >= 0.6 is 11.8 Å². The van der Waals surface area contributed by atoms with Gasteiger partial charge in [-0.25, -0.2) is 0 Å². The van der Waals surface area contributed by atoms with E-state index in [1.165, 1.54) is 42.8 Å². The lowest BCUT2D eigenvalue weighted by atomic mass is 10.1. The Morgan fingerprint density at radius 3 is 3.12 bits per heavy atom. The number of nitrogens with two attached hydrogens (primary N) is 1. The van der Waals surface area contributed by atoms with Gasteiger partial charge < -0.3 is 5.73 Å². The Bertz CT molecular complexity index is 419. The van der Waals surface area contributed by atoms with Crippen LogP contribution in [-0.2, 0) is 6.42 Å². The maximum absolute atomic E-state index is 5.86. The van der Waals surface area contributed by atoms with Gasteiger partial charge in [0.2, 0.25) is 0 Å². The van der Waals surface area contributed by atoms with Crippen LogP contribution in [0.2, 0.25) is 0 Å². The van der Waals surface area contributed by atoms with Crippen molar-refractivity contribution in [1.82, 2.24) is 4.90 Å². The first-order valence-corrected chi connectivity index (χ1v) is 7.53. The van der Waals surface area contributed by atoms with Crippen molar-refractivity contribution in [2.45, 2.75) is 31.1 Å². The van der Waals surface area contributed by atoms with E-state index in [1.807, 2.05) is 0 Å². The molecule has 0 saturated carbocycles. The number of anilines is 1. The lowest BCUT2D eigenvalue weighted by Gasteiger charge is -2.35. The second-order valence-corrected chi connectivity index (χ2v) is 6.74. The number of nitrogens with zero attached hydrogens (tertiary/aromatic N) is 1. The molecular weight excluding hydrogens is 228 g/mol. The van der Waals surface area contributed by atoms with E-state index < -0.39 is 0 Å². The Labute approximate surface area is 108 Å². The molecule has 92 valence electrons. The first-order valence-electron chi connectivity index (χ1n) is 6.48. The van der Waals surface area contributed by atoms with E-state index in [0.717, 1.165) is 10.9 Å². The Hall–Kier alpha value is -0.670. The van der Waals surface area contributed by atoms with Crippen molar-refractivity contribution in [1.29, 1.82) is 0 Å². The maximum atomic E-state index is 5.86. The molecule has 2 atom stereocenters. The number of rotatable bonds is 1. The lowest BCUT2D eigenvalue weighted by Crippen LogP contribution is -2.38. The van der Waals surface area contributed by atoms with Crippen molar-refractivity contribution < 1.29 is 0 Å². The van der Waals surface area contributed by atoms with Crippen LogP contribution in [0.4, 0.5) is 5.69 Å². The van der Waals surface area contributed by atoms with E-state index in [4.69, 9.17) is 5.73 Å². The predicted molar refractivity (Wildman–Crippen MR) is 75.4 cm³/mol. The molecule has 2 nitrogen and oxygen atoms in total. The van der Waals surface area contributed by atoms with Crippen molar-refractivity contribution in [2.75, 3.05) is 24.6 Å². The molecule has 0 amide bonds. The average molecular weight is 248 g/mol. The summed E-state index contributed by atoms with van der Waals surface area (Å²) in [6, 6.07) is 7.11. The fourth-order valence-corrected chi connectivity index (χ4v) is 4.16. The van der Waals surface area contributed by atoms with Crippen LogP contribution in [0.25, 0.3) is 0 Å². The fraction of sp³-hybridized carbons (Fsp3) is 0.571. The monoisotopic (exact) mass is 248 g/mol. The quantitative estimate of drug-likeness (QED) is 0.775. The largest absolute Gasteiger partial charge is 0.399 e. The maximum Gasteiger partial charge on any atom is 0.0354 e. The molecule has 1 fully saturated rings. The van der Waals surface area contributed by atoms with E-state index in [0.29, 0.717) is 6.04 Å². The van der Waals surface area contributed by atoms with E-state index in [1.54, 1.807) is 0 Å². The molecule has 1 aromatic rings. The van der Waals surface area contributed by atoms with E-state index in [2.05, 4.69) is 41.8 Å². The Morgan fingerprint density at radius 1 is 1.41 bits per heavy atom. The molecule has 1 heterocycles. The van der Waals surface area contributed by atoms with Gasteiger partial charge in [0.1, 0.15) is 0 Å². The highest BCUT2D eigenvalue weighted by Crippen LogP contribution is 2.38. The summed E-state index contributed by atoms with van der Waals surface area (Å²) in [5, 5.41) is 0.779. The van der Waals surface area contributed by atoms with Gasteiger partial charge in [0.05, 0.1) is 0 Å². The second kappa shape index (κ2) is 4.54. The molecule has 3 heteroatoms. The molecule has 17 heavy (non-hydrogen) atoms. The first-order chi connectivity index (χ1) is 8.24. The number of hydrogen-bond donors (Lipinski definition) is 1. The van der Waals surface area contributed by atoms with Crippen molar-refractivity contribution in [3.8, 4) is 0 Å². The zero-order chi connectivity index (χ0) is 11.8. The lowest BCUT2D eigenvalue weighted by molar-refractivity contribution is 0.206. The minimum absolute atomic E-state index is 0.647. The third-order valence-corrected chi connectivity index (χ3v) is 5.06. The smallest absolute Gasteiger partial charge is 0.0354 e. The summed E-state index contributed by atoms with van der Waals surface area (Å²) >= 11 is 2.10. The van der Waals surface area contributed by atoms with Crippen LogP contribution < -0.4 is 5.73 Å². The Kier molecular flexibility index (Phi) is 3.05. The second-order valence-electron chi connectivity index (χ2n) is 5.19. The summed E-state index contributed by atoms with van der Waals surface area (Å²) in [4.78, 5) is 2.67. The molecule has 3 rings (SSSR count).